The first kappa shape index (κ1) is 12.0. The molecule has 94 valence electrons. The van der Waals surface area contributed by atoms with Gasteiger partial charge in [-0.25, -0.2) is 0 Å². The minimum atomic E-state index is 0.638. The number of anilines is 2. The number of nitrogens with zero attached hydrogens (tertiary/aromatic N) is 2. The van der Waals surface area contributed by atoms with Gasteiger partial charge in [-0.15, -0.1) is 0 Å². The molecule has 0 aromatic heterocycles. The van der Waals surface area contributed by atoms with Crippen molar-refractivity contribution >= 4 is 11.4 Å². The van der Waals surface area contributed by atoms with Gasteiger partial charge in [0.25, 0.3) is 0 Å². The quantitative estimate of drug-likeness (QED) is 0.805. The number of nitrogen functional groups attached to an aromatic ring is 1. The molecule has 1 aliphatic rings. The highest BCUT2D eigenvalue weighted by molar-refractivity contribution is 5.62. The fraction of sp³-hybridized carbons (Fsp3) is 0.538. The van der Waals surface area contributed by atoms with Gasteiger partial charge in [0, 0.05) is 30.9 Å². The summed E-state index contributed by atoms with van der Waals surface area (Å²) in [7, 11) is 5.93. The highest BCUT2D eigenvalue weighted by Gasteiger charge is 2.24. The van der Waals surface area contributed by atoms with Crippen LogP contribution in [0.15, 0.2) is 18.2 Å². The molecule has 1 aromatic rings. The smallest absolute Gasteiger partial charge is 0.143 e. The van der Waals surface area contributed by atoms with Gasteiger partial charge in [0.2, 0.25) is 0 Å². The van der Waals surface area contributed by atoms with Crippen molar-refractivity contribution in [3.8, 4) is 5.75 Å². The Labute approximate surface area is 103 Å². The highest BCUT2D eigenvalue weighted by atomic mass is 16.5. The van der Waals surface area contributed by atoms with E-state index in [9.17, 15) is 0 Å². The Hall–Kier alpha value is -1.42. The van der Waals surface area contributed by atoms with Crippen molar-refractivity contribution < 1.29 is 4.74 Å². The van der Waals surface area contributed by atoms with Gasteiger partial charge >= 0.3 is 0 Å². The summed E-state index contributed by atoms with van der Waals surface area (Å²) in [5.41, 5.74) is 7.71. The maximum atomic E-state index is 5.82. The molecule has 0 amide bonds. The van der Waals surface area contributed by atoms with Crippen LogP contribution in [0.1, 0.15) is 6.42 Å². The molecule has 2 rings (SSSR count). The lowest BCUT2D eigenvalue weighted by atomic mass is 10.2. The molecular weight excluding hydrogens is 214 g/mol. The number of hydrogen-bond donors (Lipinski definition) is 1. The van der Waals surface area contributed by atoms with E-state index in [4.69, 9.17) is 10.5 Å². The molecule has 1 fully saturated rings. The normalized spacial score (nSPS) is 20.0. The minimum absolute atomic E-state index is 0.638. The van der Waals surface area contributed by atoms with Crippen molar-refractivity contribution in [1.29, 1.82) is 0 Å². The second kappa shape index (κ2) is 4.84. The molecule has 4 heteroatoms. The molecule has 1 aliphatic heterocycles. The summed E-state index contributed by atoms with van der Waals surface area (Å²) >= 11 is 0. The fourth-order valence-corrected chi connectivity index (χ4v) is 2.29. The van der Waals surface area contributed by atoms with Crippen LogP contribution in [0.5, 0.6) is 5.75 Å². The Morgan fingerprint density at radius 2 is 2.18 bits per heavy atom. The Morgan fingerprint density at radius 3 is 2.76 bits per heavy atom. The van der Waals surface area contributed by atoms with Gasteiger partial charge in [-0.1, -0.05) is 0 Å². The van der Waals surface area contributed by atoms with Gasteiger partial charge in [-0.05, 0) is 32.6 Å². The molecule has 0 saturated carbocycles. The third-order valence-electron chi connectivity index (χ3n) is 3.48. The lowest BCUT2D eigenvalue weighted by molar-refractivity contribution is 0.315. The lowest BCUT2D eigenvalue weighted by Gasteiger charge is -2.22. The Balaban J connectivity index is 2.13. The molecule has 1 atom stereocenters. The number of hydrogen-bond acceptors (Lipinski definition) is 4. The molecule has 1 saturated heterocycles. The average molecular weight is 235 g/mol. The predicted octanol–water partition coefficient (Wildman–Crippen LogP) is 1.42. The first-order chi connectivity index (χ1) is 8.11. The molecule has 17 heavy (non-hydrogen) atoms. The standard InChI is InChI=1S/C13H21N3O/c1-15(2)11-6-7-16(9-11)10-4-5-12(14)13(8-10)17-3/h4-5,8,11H,6-7,9,14H2,1-3H3. The maximum Gasteiger partial charge on any atom is 0.143 e. The van der Waals surface area contributed by atoms with Crippen LogP contribution in [-0.4, -0.2) is 45.2 Å². The van der Waals surface area contributed by atoms with E-state index < -0.39 is 0 Å². The fourth-order valence-electron chi connectivity index (χ4n) is 2.29. The molecular formula is C13H21N3O. The van der Waals surface area contributed by atoms with Crippen molar-refractivity contribution in [2.24, 2.45) is 0 Å². The first-order valence-electron chi connectivity index (χ1n) is 5.96. The van der Waals surface area contributed by atoms with Gasteiger partial charge in [0.15, 0.2) is 0 Å². The van der Waals surface area contributed by atoms with Crippen LogP contribution in [0.2, 0.25) is 0 Å². The zero-order valence-corrected chi connectivity index (χ0v) is 10.8. The van der Waals surface area contributed by atoms with Crippen LogP contribution >= 0.6 is 0 Å². The highest BCUT2D eigenvalue weighted by Crippen LogP contribution is 2.29. The van der Waals surface area contributed by atoms with E-state index in [-0.39, 0.29) is 0 Å². The zero-order valence-electron chi connectivity index (χ0n) is 10.8. The Bertz CT molecular complexity index is 392. The van der Waals surface area contributed by atoms with Crippen molar-refractivity contribution in [3.05, 3.63) is 18.2 Å². The third-order valence-corrected chi connectivity index (χ3v) is 3.48. The summed E-state index contributed by atoms with van der Waals surface area (Å²) < 4.78 is 5.26. The van der Waals surface area contributed by atoms with E-state index in [0.29, 0.717) is 11.7 Å². The van der Waals surface area contributed by atoms with Crippen LogP contribution in [0.3, 0.4) is 0 Å². The number of benzene rings is 1. The summed E-state index contributed by atoms with van der Waals surface area (Å²) in [6.07, 6.45) is 1.21. The first-order valence-corrected chi connectivity index (χ1v) is 5.96. The van der Waals surface area contributed by atoms with Crippen LogP contribution in [0.25, 0.3) is 0 Å². The monoisotopic (exact) mass is 235 g/mol. The molecule has 0 aliphatic carbocycles. The van der Waals surface area contributed by atoms with Crippen molar-refractivity contribution in [3.63, 3.8) is 0 Å². The maximum absolute atomic E-state index is 5.82. The van der Waals surface area contributed by atoms with Gasteiger partial charge < -0.3 is 20.3 Å². The summed E-state index contributed by atoms with van der Waals surface area (Å²) in [5, 5.41) is 0. The van der Waals surface area contributed by atoms with E-state index in [0.717, 1.165) is 18.8 Å². The van der Waals surface area contributed by atoms with Gasteiger partial charge in [0.1, 0.15) is 5.75 Å². The topological polar surface area (TPSA) is 41.7 Å². The number of methoxy groups -OCH3 is 1. The van der Waals surface area contributed by atoms with E-state index in [1.54, 1.807) is 7.11 Å². The summed E-state index contributed by atoms with van der Waals surface area (Å²) in [6, 6.07) is 6.64. The number of nitrogens with two attached hydrogens (primary N) is 1. The Kier molecular flexibility index (Phi) is 3.43. The van der Waals surface area contributed by atoms with Crippen molar-refractivity contribution in [2.45, 2.75) is 12.5 Å². The second-order valence-electron chi connectivity index (χ2n) is 4.78. The van der Waals surface area contributed by atoms with Crippen LogP contribution in [0.4, 0.5) is 11.4 Å². The molecule has 0 radical (unpaired) electrons. The van der Waals surface area contributed by atoms with Gasteiger partial charge in [-0.2, -0.15) is 0 Å². The number of rotatable bonds is 3. The lowest BCUT2D eigenvalue weighted by Crippen LogP contribution is -2.31. The van der Waals surface area contributed by atoms with E-state index in [2.05, 4.69) is 30.0 Å². The minimum Gasteiger partial charge on any atom is -0.495 e. The zero-order chi connectivity index (χ0) is 12.4. The second-order valence-corrected chi connectivity index (χ2v) is 4.78. The van der Waals surface area contributed by atoms with E-state index >= 15 is 0 Å². The van der Waals surface area contributed by atoms with Crippen LogP contribution < -0.4 is 15.4 Å². The van der Waals surface area contributed by atoms with Gasteiger partial charge in [0.05, 0.1) is 12.8 Å². The molecule has 2 N–H and O–H groups in total. The van der Waals surface area contributed by atoms with Crippen molar-refractivity contribution in [1.82, 2.24) is 4.90 Å². The molecule has 0 bridgehead atoms. The molecule has 4 nitrogen and oxygen atoms in total. The molecule has 0 spiro atoms. The van der Waals surface area contributed by atoms with Crippen LogP contribution in [-0.2, 0) is 0 Å². The number of ether oxygens (including phenoxy) is 1. The largest absolute Gasteiger partial charge is 0.495 e. The summed E-state index contributed by atoms with van der Waals surface area (Å²) in [5.74, 6) is 0.760. The average Bonchev–Trinajstić information content (AvgIpc) is 2.79. The summed E-state index contributed by atoms with van der Waals surface area (Å²) in [4.78, 5) is 4.67. The molecule has 1 heterocycles. The molecule has 1 aromatic carbocycles. The predicted molar refractivity (Wildman–Crippen MR) is 71.7 cm³/mol. The number of likely N-dealkylation sites (N-methyl/N-ethyl adjacent to an activating group) is 1. The van der Waals surface area contributed by atoms with Crippen LogP contribution in [0, 0.1) is 0 Å². The third kappa shape index (κ3) is 2.47. The van der Waals surface area contributed by atoms with Crippen molar-refractivity contribution in [2.75, 3.05) is 44.9 Å². The van der Waals surface area contributed by atoms with E-state index in [1.807, 2.05) is 12.1 Å². The SMILES string of the molecule is COc1cc(N2CCC(N(C)C)C2)ccc1N. The summed E-state index contributed by atoms with van der Waals surface area (Å²) in [6.45, 7) is 2.16. The van der Waals surface area contributed by atoms with Gasteiger partial charge in [-0.3, -0.25) is 0 Å². The molecule has 1 unspecified atom stereocenters. The van der Waals surface area contributed by atoms with E-state index in [1.165, 1.54) is 12.1 Å². The Morgan fingerprint density at radius 1 is 1.41 bits per heavy atom.